The van der Waals surface area contributed by atoms with Gasteiger partial charge in [0.2, 0.25) is 0 Å². The highest BCUT2D eigenvalue weighted by molar-refractivity contribution is 14.0. The molecule has 3 unspecified atom stereocenters. The molecule has 2 aliphatic rings. The first-order chi connectivity index (χ1) is 15.2. The Kier molecular flexibility index (Phi) is 9.66. The Hall–Kier alpha value is -1.80. The number of nitrogens with zero attached hydrogens (tertiary/aromatic N) is 3. The van der Waals surface area contributed by atoms with Gasteiger partial charge in [0, 0.05) is 57.5 Å². The van der Waals surface area contributed by atoms with Gasteiger partial charge >= 0.3 is 0 Å². The molecule has 2 aliphatic heterocycles. The Morgan fingerprint density at radius 1 is 1.00 bits per heavy atom. The maximum absolute atomic E-state index is 4.50. The normalized spacial score (nSPS) is 24.1. The molecule has 4 rings (SSSR count). The first-order valence-electron chi connectivity index (χ1n) is 11.8. The van der Waals surface area contributed by atoms with E-state index in [-0.39, 0.29) is 24.0 Å². The zero-order chi connectivity index (χ0) is 21.5. The Bertz CT molecular complexity index is 829. The predicted octanol–water partition coefficient (Wildman–Crippen LogP) is 4.35. The van der Waals surface area contributed by atoms with Crippen LogP contribution in [0.4, 0.5) is 5.69 Å². The van der Waals surface area contributed by atoms with Crippen molar-refractivity contribution < 1.29 is 0 Å². The minimum Gasteiger partial charge on any atom is -0.371 e. The SMILES string of the molecule is CN=C(NCC1CCN(c2ccccc2)C1)NC1CCN(Cc2ccccc2)C(C)C1.I. The van der Waals surface area contributed by atoms with E-state index in [9.17, 15) is 0 Å². The van der Waals surface area contributed by atoms with Gasteiger partial charge in [0.1, 0.15) is 0 Å². The molecule has 2 aromatic carbocycles. The topological polar surface area (TPSA) is 42.9 Å². The molecule has 32 heavy (non-hydrogen) atoms. The minimum atomic E-state index is 0. The monoisotopic (exact) mass is 547 g/mol. The smallest absolute Gasteiger partial charge is 0.191 e. The summed E-state index contributed by atoms with van der Waals surface area (Å²) in [5, 5.41) is 7.28. The van der Waals surface area contributed by atoms with Crippen molar-refractivity contribution in [3.8, 4) is 0 Å². The van der Waals surface area contributed by atoms with Gasteiger partial charge in [-0.25, -0.2) is 0 Å². The van der Waals surface area contributed by atoms with Crippen LogP contribution < -0.4 is 15.5 Å². The van der Waals surface area contributed by atoms with Crippen molar-refractivity contribution in [2.24, 2.45) is 10.9 Å². The van der Waals surface area contributed by atoms with Crippen molar-refractivity contribution in [2.75, 3.05) is 38.1 Å². The van der Waals surface area contributed by atoms with Crippen molar-refractivity contribution in [1.82, 2.24) is 15.5 Å². The number of anilines is 1. The van der Waals surface area contributed by atoms with Gasteiger partial charge in [0.15, 0.2) is 5.96 Å². The van der Waals surface area contributed by atoms with Gasteiger partial charge in [-0.05, 0) is 49.8 Å². The fourth-order valence-electron chi connectivity index (χ4n) is 4.91. The summed E-state index contributed by atoms with van der Waals surface area (Å²) in [6.07, 6.45) is 3.54. The van der Waals surface area contributed by atoms with Crippen LogP contribution >= 0.6 is 24.0 Å². The van der Waals surface area contributed by atoms with Crippen molar-refractivity contribution in [1.29, 1.82) is 0 Å². The summed E-state index contributed by atoms with van der Waals surface area (Å²) in [4.78, 5) is 9.59. The van der Waals surface area contributed by atoms with Crippen LogP contribution in [0, 0.1) is 5.92 Å². The van der Waals surface area contributed by atoms with Crippen molar-refractivity contribution in [3.05, 3.63) is 66.2 Å². The highest BCUT2D eigenvalue weighted by atomic mass is 127. The number of guanidine groups is 1. The Morgan fingerprint density at radius 3 is 2.41 bits per heavy atom. The summed E-state index contributed by atoms with van der Waals surface area (Å²) in [5.74, 6) is 1.61. The number of likely N-dealkylation sites (tertiary alicyclic amines) is 1. The van der Waals surface area contributed by atoms with Gasteiger partial charge in [-0.1, -0.05) is 48.5 Å². The third kappa shape index (κ3) is 6.85. The number of rotatable bonds is 6. The maximum Gasteiger partial charge on any atom is 0.191 e. The maximum atomic E-state index is 4.50. The summed E-state index contributed by atoms with van der Waals surface area (Å²) >= 11 is 0. The molecular weight excluding hydrogens is 509 g/mol. The average molecular weight is 548 g/mol. The summed E-state index contributed by atoms with van der Waals surface area (Å²) in [5.41, 5.74) is 2.74. The summed E-state index contributed by atoms with van der Waals surface area (Å²) in [6.45, 7) is 7.75. The largest absolute Gasteiger partial charge is 0.371 e. The van der Waals surface area contributed by atoms with E-state index >= 15 is 0 Å². The number of para-hydroxylation sites is 1. The van der Waals surface area contributed by atoms with Gasteiger partial charge in [0.25, 0.3) is 0 Å². The Morgan fingerprint density at radius 2 is 1.72 bits per heavy atom. The first kappa shape index (κ1) is 24.8. The van der Waals surface area contributed by atoms with Gasteiger partial charge in [0.05, 0.1) is 0 Å². The molecule has 0 spiro atoms. The molecule has 2 fully saturated rings. The average Bonchev–Trinajstić information content (AvgIpc) is 3.29. The molecule has 0 amide bonds. The van der Waals surface area contributed by atoms with Crippen molar-refractivity contribution in [3.63, 3.8) is 0 Å². The molecule has 0 radical (unpaired) electrons. The molecule has 2 heterocycles. The lowest BCUT2D eigenvalue weighted by molar-refractivity contribution is 0.134. The molecule has 6 heteroatoms. The highest BCUT2D eigenvalue weighted by Gasteiger charge is 2.27. The molecule has 2 saturated heterocycles. The summed E-state index contributed by atoms with van der Waals surface area (Å²) in [7, 11) is 1.88. The number of aliphatic imine (C=N–C) groups is 1. The number of piperidine rings is 1. The zero-order valence-electron chi connectivity index (χ0n) is 19.4. The molecule has 0 aromatic heterocycles. The Labute approximate surface area is 210 Å². The van der Waals surface area contributed by atoms with E-state index in [2.05, 4.69) is 93.0 Å². The van der Waals surface area contributed by atoms with Crippen LogP contribution in [0.1, 0.15) is 31.7 Å². The van der Waals surface area contributed by atoms with Gasteiger partial charge in [-0.15, -0.1) is 24.0 Å². The molecule has 174 valence electrons. The quantitative estimate of drug-likeness (QED) is 0.321. The van der Waals surface area contributed by atoms with Crippen LogP contribution in [0.15, 0.2) is 65.7 Å². The predicted molar refractivity (Wildman–Crippen MR) is 146 cm³/mol. The first-order valence-corrected chi connectivity index (χ1v) is 11.8. The number of hydrogen-bond donors (Lipinski definition) is 2. The molecular formula is C26H38IN5. The summed E-state index contributed by atoms with van der Waals surface area (Å²) in [6, 6.07) is 22.6. The van der Waals surface area contributed by atoms with Gasteiger partial charge < -0.3 is 15.5 Å². The number of benzene rings is 2. The van der Waals surface area contributed by atoms with Gasteiger partial charge in [-0.2, -0.15) is 0 Å². The lowest BCUT2D eigenvalue weighted by Gasteiger charge is -2.38. The fourth-order valence-corrected chi connectivity index (χ4v) is 4.91. The number of nitrogens with one attached hydrogen (secondary N) is 2. The molecule has 5 nitrogen and oxygen atoms in total. The minimum absolute atomic E-state index is 0. The molecule has 0 bridgehead atoms. The third-order valence-electron chi connectivity index (χ3n) is 6.77. The van der Waals surface area contributed by atoms with E-state index in [4.69, 9.17) is 0 Å². The number of hydrogen-bond acceptors (Lipinski definition) is 3. The Balaban J connectivity index is 0.00000289. The van der Waals surface area contributed by atoms with Crippen molar-refractivity contribution in [2.45, 2.75) is 44.8 Å². The molecule has 3 atom stereocenters. The van der Waals surface area contributed by atoms with E-state index in [1.807, 2.05) is 7.05 Å². The van der Waals surface area contributed by atoms with E-state index in [0.29, 0.717) is 18.0 Å². The van der Waals surface area contributed by atoms with Crippen LogP contribution in [0.25, 0.3) is 0 Å². The molecule has 0 saturated carbocycles. The fraction of sp³-hybridized carbons (Fsp3) is 0.500. The van der Waals surface area contributed by atoms with E-state index in [1.54, 1.807) is 0 Å². The molecule has 2 N–H and O–H groups in total. The summed E-state index contributed by atoms with van der Waals surface area (Å²) < 4.78 is 0. The van der Waals surface area contributed by atoms with E-state index in [0.717, 1.165) is 51.5 Å². The van der Waals surface area contributed by atoms with Crippen molar-refractivity contribution >= 4 is 35.6 Å². The van der Waals surface area contributed by atoms with Crippen LogP contribution in [0.5, 0.6) is 0 Å². The number of halogens is 1. The second-order valence-corrected chi connectivity index (χ2v) is 9.06. The lowest BCUT2D eigenvalue weighted by atomic mass is 9.97. The van der Waals surface area contributed by atoms with E-state index in [1.165, 1.54) is 17.7 Å². The highest BCUT2D eigenvalue weighted by Crippen LogP contribution is 2.23. The standard InChI is InChI=1S/C26H37N5.HI/c1-21-17-24(14-16-30(21)19-22-9-5-3-6-10-22)29-26(27-2)28-18-23-13-15-31(20-23)25-11-7-4-8-12-25;/h3-12,21,23-24H,13-20H2,1-2H3,(H2,27,28,29);1H. The second kappa shape index (κ2) is 12.4. The molecule has 2 aromatic rings. The zero-order valence-corrected chi connectivity index (χ0v) is 21.7. The van der Waals surface area contributed by atoms with E-state index < -0.39 is 0 Å². The van der Waals surface area contributed by atoms with Crippen LogP contribution in [0.2, 0.25) is 0 Å². The van der Waals surface area contributed by atoms with Crippen LogP contribution in [-0.2, 0) is 6.54 Å². The van der Waals surface area contributed by atoms with Crippen LogP contribution in [0.3, 0.4) is 0 Å². The third-order valence-corrected chi connectivity index (χ3v) is 6.77. The second-order valence-electron chi connectivity index (χ2n) is 9.06. The molecule has 0 aliphatic carbocycles. The van der Waals surface area contributed by atoms with Crippen LogP contribution in [-0.4, -0.2) is 56.2 Å². The lowest BCUT2D eigenvalue weighted by Crippen LogP contribution is -2.51. The van der Waals surface area contributed by atoms with Gasteiger partial charge in [-0.3, -0.25) is 9.89 Å².